The molecule has 1 heterocycles. The lowest BCUT2D eigenvalue weighted by Gasteiger charge is -2.10. The Kier molecular flexibility index (Phi) is 5.93. The number of benzene rings is 2. The third kappa shape index (κ3) is 4.88. The topological polar surface area (TPSA) is 60.7 Å². The van der Waals surface area contributed by atoms with Crippen LogP contribution in [0.25, 0.3) is 0 Å². The largest absolute Gasteiger partial charge is 0.486 e. The van der Waals surface area contributed by atoms with Gasteiger partial charge in [0.05, 0.1) is 5.69 Å². The quantitative estimate of drug-likeness (QED) is 0.595. The van der Waals surface area contributed by atoms with Gasteiger partial charge in [-0.25, -0.2) is 0 Å². The van der Waals surface area contributed by atoms with Crippen LogP contribution in [-0.2, 0) is 6.61 Å². The highest BCUT2D eigenvalue weighted by Gasteiger charge is 2.15. The lowest BCUT2D eigenvalue weighted by atomic mass is 10.1. The Morgan fingerprint density at radius 3 is 2.61 bits per heavy atom. The van der Waals surface area contributed by atoms with Gasteiger partial charge in [0.1, 0.15) is 23.9 Å². The molecule has 1 aromatic heterocycles. The lowest BCUT2D eigenvalue weighted by molar-refractivity contribution is -0.0493. The smallest absolute Gasteiger partial charge is 0.387 e. The molecular weight excluding hydrogens is 368 g/mol. The van der Waals surface area contributed by atoms with Gasteiger partial charge in [0, 0.05) is 0 Å². The number of hydrogen-bond donors (Lipinski definition) is 1. The zero-order valence-corrected chi connectivity index (χ0v) is 15.4. The molecule has 0 saturated carbocycles. The van der Waals surface area contributed by atoms with Crippen LogP contribution in [0.15, 0.2) is 59.0 Å². The number of carbonyl (C=O) groups excluding carboxylic acids is 1. The molecule has 0 atom stereocenters. The number of rotatable bonds is 7. The number of amides is 1. The minimum atomic E-state index is -2.99. The molecule has 0 aliphatic carbocycles. The van der Waals surface area contributed by atoms with E-state index in [4.69, 9.17) is 9.15 Å². The summed E-state index contributed by atoms with van der Waals surface area (Å²) in [6, 6.07) is 14.8. The molecule has 0 bridgehead atoms. The summed E-state index contributed by atoms with van der Waals surface area (Å²) in [7, 11) is 0. The van der Waals surface area contributed by atoms with Crippen molar-refractivity contribution < 1.29 is 27.5 Å². The molecule has 3 rings (SSSR count). The molecule has 7 heteroatoms. The summed E-state index contributed by atoms with van der Waals surface area (Å²) >= 11 is 0. The Morgan fingerprint density at radius 2 is 1.86 bits per heavy atom. The van der Waals surface area contributed by atoms with Crippen molar-refractivity contribution >= 4 is 11.6 Å². The molecule has 0 aliphatic heterocycles. The van der Waals surface area contributed by atoms with Crippen molar-refractivity contribution in [1.82, 2.24) is 0 Å². The average Bonchev–Trinajstić information content (AvgIpc) is 3.13. The number of para-hydroxylation sites is 2. The summed E-state index contributed by atoms with van der Waals surface area (Å²) < 4.78 is 40.5. The maximum absolute atomic E-state index is 12.5. The summed E-state index contributed by atoms with van der Waals surface area (Å²) in [5, 5.41) is 2.50. The average molecular weight is 387 g/mol. The number of ether oxygens (including phenoxy) is 2. The second-order valence-corrected chi connectivity index (χ2v) is 6.13. The van der Waals surface area contributed by atoms with Crippen molar-refractivity contribution in [2.45, 2.75) is 27.1 Å². The van der Waals surface area contributed by atoms with E-state index in [1.807, 2.05) is 32.0 Å². The van der Waals surface area contributed by atoms with Gasteiger partial charge >= 0.3 is 6.61 Å². The molecule has 0 aliphatic rings. The molecule has 1 N–H and O–H groups in total. The minimum Gasteiger partial charge on any atom is -0.486 e. The van der Waals surface area contributed by atoms with Crippen LogP contribution in [0.1, 0.15) is 27.4 Å². The number of carbonyl (C=O) groups is 1. The predicted octanol–water partition coefficient (Wildman–Crippen LogP) is 5.33. The minimum absolute atomic E-state index is 0.0329. The van der Waals surface area contributed by atoms with Gasteiger partial charge in [0.25, 0.3) is 5.91 Å². The first-order valence-electron chi connectivity index (χ1n) is 8.56. The Morgan fingerprint density at radius 1 is 1.07 bits per heavy atom. The van der Waals surface area contributed by atoms with Gasteiger partial charge in [-0.2, -0.15) is 8.78 Å². The SMILES string of the molecule is Cc1ccc(OCc2ccc(C(=O)Nc3ccccc3OC(F)F)o2)cc1C. The summed E-state index contributed by atoms with van der Waals surface area (Å²) in [6.07, 6.45) is 0. The fourth-order valence-electron chi connectivity index (χ4n) is 2.49. The molecule has 1 amide bonds. The van der Waals surface area contributed by atoms with E-state index in [1.54, 1.807) is 12.1 Å². The van der Waals surface area contributed by atoms with Crippen molar-refractivity contribution in [2.24, 2.45) is 0 Å². The van der Waals surface area contributed by atoms with E-state index in [9.17, 15) is 13.6 Å². The zero-order valence-electron chi connectivity index (χ0n) is 15.4. The van der Waals surface area contributed by atoms with Crippen LogP contribution < -0.4 is 14.8 Å². The highest BCUT2D eigenvalue weighted by atomic mass is 19.3. The predicted molar refractivity (Wildman–Crippen MR) is 100.0 cm³/mol. The molecule has 0 fully saturated rings. The molecule has 2 aromatic carbocycles. The van der Waals surface area contributed by atoms with Crippen LogP contribution in [0.5, 0.6) is 11.5 Å². The normalized spacial score (nSPS) is 10.8. The number of anilines is 1. The molecule has 3 aromatic rings. The van der Waals surface area contributed by atoms with Gasteiger partial charge in [-0.1, -0.05) is 18.2 Å². The molecule has 146 valence electrons. The molecular formula is C21H19F2NO4. The Bertz CT molecular complexity index is 969. The van der Waals surface area contributed by atoms with E-state index in [0.717, 1.165) is 5.56 Å². The van der Waals surface area contributed by atoms with Crippen molar-refractivity contribution in [3.05, 3.63) is 77.2 Å². The summed E-state index contributed by atoms with van der Waals surface area (Å²) in [6.45, 7) is 1.17. The number of hydrogen-bond acceptors (Lipinski definition) is 4. The molecule has 5 nitrogen and oxygen atoms in total. The Hall–Kier alpha value is -3.35. The standard InChI is InChI=1S/C21H19F2NO4/c1-13-7-8-15(11-14(13)2)26-12-16-9-10-19(27-16)20(25)24-17-5-3-4-6-18(17)28-21(22)23/h3-11,21H,12H2,1-2H3,(H,24,25). The fourth-order valence-corrected chi connectivity index (χ4v) is 2.49. The fraction of sp³-hybridized carbons (Fsp3) is 0.190. The van der Waals surface area contributed by atoms with Gasteiger partial charge in [-0.3, -0.25) is 4.79 Å². The van der Waals surface area contributed by atoms with E-state index in [1.165, 1.54) is 29.8 Å². The number of furan rings is 1. The van der Waals surface area contributed by atoms with E-state index < -0.39 is 12.5 Å². The molecule has 0 radical (unpaired) electrons. The van der Waals surface area contributed by atoms with Crippen LogP contribution in [0.4, 0.5) is 14.5 Å². The van der Waals surface area contributed by atoms with E-state index in [2.05, 4.69) is 10.1 Å². The molecule has 0 unspecified atom stereocenters. The van der Waals surface area contributed by atoms with Crippen LogP contribution in [0, 0.1) is 13.8 Å². The molecule has 0 spiro atoms. The van der Waals surface area contributed by atoms with Crippen LogP contribution in [0.3, 0.4) is 0 Å². The van der Waals surface area contributed by atoms with Gasteiger partial charge in [-0.05, 0) is 61.4 Å². The van der Waals surface area contributed by atoms with Gasteiger partial charge in [0.2, 0.25) is 0 Å². The van der Waals surface area contributed by atoms with Crippen LogP contribution >= 0.6 is 0 Å². The number of aryl methyl sites for hydroxylation is 2. The van der Waals surface area contributed by atoms with Crippen LogP contribution in [0.2, 0.25) is 0 Å². The van der Waals surface area contributed by atoms with E-state index >= 15 is 0 Å². The molecule has 28 heavy (non-hydrogen) atoms. The highest BCUT2D eigenvalue weighted by Crippen LogP contribution is 2.26. The highest BCUT2D eigenvalue weighted by molar-refractivity contribution is 6.03. The first-order chi connectivity index (χ1) is 13.4. The van der Waals surface area contributed by atoms with E-state index in [-0.39, 0.29) is 23.8 Å². The van der Waals surface area contributed by atoms with Gasteiger partial charge < -0.3 is 19.2 Å². The summed E-state index contributed by atoms with van der Waals surface area (Å²) in [5.41, 5.74) is 2.40. The van der Waals surface area contributed by atoms with Gasteiger partial charge in [-0.15, -0.1) is 0 Å². The van der Waals surface area contributed by atoms with Crippen LogP contribution in [-0.4, -0.2) is 12.5 Å². The lowest BCUT2D eigenvalue weighted by Crippen LogP contribution is -2.13. The Balaban J connectivity index is 1.63. The monoisotopic (exact) mass is 387 g/mol. The number of nitrogens with one attached hydrogen (secondary N) is 1. The molecule has 0 saturated heterocycles. The summed E-state index contributed by atoms with van der Waals surface area (Å²) in [5.74, 6) is 0.480. The van der Waals surface area contributed by atoms with Crippen molar-refractivity contribution in [3.8, 4) is 11.5 Å². The second kappa shape index (κ2) is 8.56. The maximum Gasteiger partial charge on any atom is 0.387 e. The third-order valence-corrected chi connectivity index (χ3v) is 4.10. The number of alkyl halides is 2. The van der Waals surface area contributed by atoms with Gasteiger partial charge in [0.15, 0.2) is 5.76 Å². The Labute approximate surface area is 160 Å². The zero-order chi connectivity index (χ0) is 20.1. The summed E-state index contributed by atoms with van der Waals surface area (Å²) in [4.78, 5) is 12.3. The van der Waals surface area contributed by atoms with Crippen molar-refractivity contribution in [1.29, 1.82) is 0 Å². The second-order valence-electron chi connectivity index (χ2n) is 6.13. The van der Waals surface area contributed by atoms with E-state index in [0.29, 0.717) is 11.5 Å². The third-order valence-electron chi connectivity index (χ3n) is 4.10. The van der Waals surface area contributed by atoms with Crippen molar-refractivity contribution in [3.63, 3.8) is 0 Å². The maximum atomic E-state index is 12.5. The number of halogens is 2. The first kappa shape index (κ1) is 19.4. The van der Waals surface area contributed by atoms with Crippen molar-refractivity contribution in [2.75, 3.05) is 5.32 Å². The first-order valence-corrected chi connectivity index (χ1v) is 8.56.